The fraction of sp³-hybridized carbons (Fsp3) is 0.615. The highest BCUT2D eigenvalue weighted by atomic mass is 16.5. The van der Waals surface area contributed by atoms with Crippen molar-refractivity contribution in [3.05, 3.63) is 18.1 Å². The lowest BCUT2D eigenvalue weighted by Gasteiger charge is -2.23. The van der Waals surface area contributed by atoms with Crippen LogP contribution in [0.3, 0.4) is 0 Å². The van der Waals surface area contributed by atoms with E-state index < -0.39 is 0 Å². The smallest absolute Gasteiger partial charge is 0.274 e. The van der Waals surface area contributed by atoms with Crippen molar-refractivity contribution in [2.75, 3.05) is 32.1 Å². The predicted octanol–water partition coefficient (Wildman–Crippen LogP) is 1.16. The van der Waals surface area contributed by atoms with E-state index in [1.807, 2.05) is 6.92 Å². The lowest BCUT2D eigenvalue weighted by Crippen LogP contribution is -2.37. The molecule has 1 N–H and O–H groups in total. The van der Waals surface area contributed by atoms with Gasteiger partial charge in [-0.05, 0) is 19.8 Å². The molecule has 1 aliphatic rings. The summed E-state index contributed by atoms with van der Waals surface area (Å²) in [5, 5.41) is 2.88. The number of rotatable bonds is 5. The maximum Gasteiger partial charge on any atom is 0.274 e. The van der Waals surface area contributed by atoms with E-state index in [1.165, 1.54) is 6.20 Å². The number of nitrogens with zero attached hydrogens (tertiary/aromatic N) is 3. The van der Waals surface area contributed by atoms with E-state index in [2.05, 4.69) is 15.3 Å². The Morgan fingerprint density at radius 3 is 3.05 bits per heavy atom. The number of hydrogen-bond donors (Lipinski definition) is 1. The summed E-state index contributed by atoms with van der Waals surface area (Å²) in [7, 11) is 1.75. The van der Waals surface area contributed by atoms with Crippen molar-refractivity contribution < 1.29 is 9.53 Å². The van der Waals surface area contributed by atoms with Gasteiger partial charge in [0.25, 0.3) is 5.91 Å². The molecule has 2 heterocycles. The molecule has 1 aliphatic heterocycles. The Balaban J connectivity index is 2.06. The zero-order valence-electron chi connectivity index (χ0n) is 11.4. The SMILES string of the molecule is CCN(CC1CCCO1)C(=O)c1cncc(NC)n1. The Labute approximate surface area is 113 Å². The summed E-state index contributed by atoms with van der Waals surface area (Å²) in [4.78, 5) is 22.4. The van der Waals surface area contributed by atoms with Crippen molar-refractivity contribution in [1.29, 1.82) is 0 Å². The number of likely N-dealkylation sites (N-methyl/N-ethyl adjacent to an activating group) is 1. The summed E-state index contributed by atoms with van der Waals surface area (Å²) in [6.45, 7) is 4.03. The number of carbonyl (C=O) groups is 1. The van der Waals surface area contributed by atoms with Gasteiger partial charge in [-0.2, -0.15) is 0 Å². The number of hydrogen-bond acceptors (Lipinski definition) is 5. The summed E-state index contributed by atoms with van der Waals surface area (Å²) in [6, 6.07) is 0. The molecule has 1 amide bonds. The van der Waals surface area contributed by atoms with Crippen LogP contribution in [0.2, 0.25) is 0 Å². The Morgan fingerprint density at radius 1 is 1.58 bits per heavy atom. The maximum atomic E-state index is 12.4. The molecule has 19 heavy (non-hydrogen) atoms. The van der Waals surface area contributed by atoms with E-state index in [0.717, 1.165) is 19.4 Å². The van der Waals surface area contributed by atoms with Crippen LogP contribution in [-0.2, 0) is 4.74 Å². The van der Waals surface area contributed by atoms with Crippen LogP contribution in [0.5, 0.6) is 0 Å². The van der Waals surface area contributed by atoms with Gasteiger partial charge in [-0.3, -0.25) is 9.78 Å². The van der Waals surface area contributed by atoms with Crippen LogP contribution in [0.15, 0.2) is 12.4 Å². The number of carbonyl (C=O) groups excluding carboxylic acids is 1. The standard InChI is InChI=1S/C13H20N4O2/c1-3-17(9-10-5-4-6-19-10)13(18)11-7-15-8-12(14-2)16-11/h7-8,10H,3-6,9H2,1-2H3,(H,14,16). The van der Waals surface area contributed by atoms with Gasteiger partial charge in [0.05, 0.1) is 18.5 Å². The maximum absolute atomic E-state index is 12.4. The second-order valence-corrected chi connectivity index (χ2v) is 4.52. The molecule has 6 nitrogen and oxygen atoms in total. The van der Waals surface area contributed by atoms with E-state index in [1.54, 1.807) is 18.1 Å². The summed E-state index contributed by atoms with van der Waals surface area (Å²) in [6.07, 6.45) is 5.34. The van der Waals surface area contributed by atoms with E-state index in [4.69, 9.17) is 4.74 Å². The number of aromatic nitrogens is 2. The third kappa shape index (κ3) is 3.41. The molecule has 0 bridgehead atoms. The molecule has 0 radical (unpaired) electrons. The number of amides is 1. The molecule has 1 fully saturated rings. The quantitative estimate of drug-likeness (QED) is 0.864. The van der Waals surface area contributed by atoms with Crippen LogP contribution in [0.1, 0.15) is 30.3 Å². The summed E-state index contributed by atoms with van der Waals surface area (Å²) < 4.78 is 5.57. The molecule has 0 aliphatic carbocycles. The first-order chi connectivity index (χ1) is 9.24. The molecule has 2 rings (SSSR count). The lowest BCUT2D eigenvalue weighted by molar-refractivity contribution is 0.0534. The fourth-order valence-electron chi connectivity index (χ4n) is 2.14. The van der Waals surface area contributed by atoms with Crippen LogP contribution in [-0.4, -0.2) is 53.6 Å². The van der Waals surface area contributed by atoms with Crippen molar-refractivity contribution in [3.63, 3.8) is 0 Å². The van der Waals surface area contributed by atoms with Crippen molar-refractivity contribution in [2.24, 2.45) is 0 Å². The van der Waals surface area contributed by atoms with Gasteiger partial charge in [-0.25, -0.2) is 4.98 Å². The highest BCUT2D eigenvalue weighted by molar-refractivity contribution is 5.92. The van der Waals surface area contributed by atoms with E-state index in [0.29, 0.717) is 24.6 Å². The lowest BCUT2D eigenvalue weighted by atomic mass is 10.2. The van der Waals surface area contributed by atoms with Gasteiger partial charge in [0.1, 0.15) is 11.5 Å². The van der Waals surface area contributed by atoms with Crippen LogP contribution in [0.4, 0.5) is 5.82 Å². The molecule has 1 aromatic rings. The number of nitrogens with one attached hydrogen (secondary N) is 1. The van der Waals surface area contributed by atoms with Gasteiger partial charge in [0.15, 0.2) is 0 Å². The minimum atomic E-state index is -0.0948. The first-order valence-corrected chi connectivity index (χ1v) is 6.65. The Hall–Kier alpha value is -1.69. The van der Waals surface area contributed by atoms with Crippen LogP contribution in [0.25, 0.3) is 0 Å². The molecular formula is C13H20N4O2. The van der Waals surface area contributed by atoms with Gasteiger partial charge in [0, 0.05) is 26.7 Å². The van der Waals surface area contributed by atoms with Crippen molar-refractivity contribution in [1.82, 2.24) is 14.9 Å². The second kappa shape index (κ2) is 6.47. The molecule has 1 saturated heterocycles. The molecule has 6 heteroatoms. The Morgan fingerprint density at radius 2 is 2.42 bits per heavy atom. The van der Waals surface area contributed by atoms with Gasteiger partial charge >= 0.3 is 0 Å². The molecule has 0 saturated carbocycles. The topological polar surface area (TPSA) is 67.3 Å². The minimum Gasteiger partial charge on any atom is -0.376 e. The first kappa shape index (κ1) is 13.7. The zero-order chi connectivity index (χ0) is 13.7. The third-order valence-corrected chi connectivity index (χ3v) is 3.23. The van der Waals surface area contributed by atoms with E-state index in [9.17, 15) is 4.79 Å². The van der Waals surface area contributed by atoms with E-state index in [-0.39, 0.29) is 12.0 Å². The van der Waals surface area contributed by atoms with Crippen molar-refractivity contribution in [3.8, 4) is 0 Å². The fourth-order valence-corrected chi connectivity index (χ4v) is 2.14. The first-order valence-electron chi connectivity index (χ1n) is 6.65. The normalized spacial score (nSPS) is 18.3. The van der Waals surface area contributed by atoms with Gasteiger partial charge in [-0.1, -0.05) is 0 Å². The Bertz CT molecular complexity index is 432. The van der Waals surface area contributed by atoms with Crippen molar-refractivity contribution in [2.45, 2.75) is 25.9 Å². The summed E-state index contributed by atoms with van der Waals surface area (Å²) >= 11 is 0. The molecule has 1 unspecified atom stereocenters. The second-order valence-electron chi connectivity index (χ2n) is 4.52. The summed E-state index contributed by atoms with van der Waals surface area (Å²) in [5.41, 5.74) is 0.367. The van der Waals surface area contributed by atoms with Gasteiger partial charge < -0.3 is 15.0 Å². The largest absolute Gasteiger partial charge is 0.376 e. The Kier molecular flexibility index (Phi) is 4.68. The molecular weight excluding hydrogens is 244 g/mol. The van der Waals surface area contributed by atoms with E-state index >= 15 is 0 Å². The van der Waals surface area contributed by atoms with Crippen molar-refractivity contribution >= 4 is 11.7 Å². The average Bonchev–Trinajstić information content (AvgIpc) is 2.97. The average molecular weight is 264 g/mol. The predicted molar refractivity (Wildman–Crippen MR) is 72.1 cm³/mol. The van der Waals surface area contributed by atoms with Crippen LogP contribution in [0, 0.1) is 0 Å². The van der Waals surface area contributed by atoms with Crippen LogP contribution < -0.4 is 5.32 Å². The molecule has 1 aromatic heterocycles. The summed E-state index contributed by atoms with van der Waals surface area (Å²) in [5.74, 6) is 0.501. The molecule has 0 aromatic carbocycles. The molecule has 0 spiro atoms. The van der Waals surface area contributed by atoms with Gasteiger partial charge in [0.2, 0.25) is 0 Å². The zero-order valence-corrected chi connectivity index (χ0v) is 11.4. The minimum absolute atomic E-state index is 0.0948. The molecule has 1 atom stereocenters. The monoisotopic (exact) mass is 264 g/mol. The van der Waals surface area contributed by atoms with Crippen LogP contribution >= 0.6 is 0 Å². The van der Waals surface area contributed by atoms with Gasteiger partial charge in [-0.15, -0.1) is 0 Å². The third-order valence-electron chi connectivity index (χ3n) is 3.23. The highest BCUT2D eigenvalue weighted by Crippen LogP contribution is 2.14. The molecule has 104 valence electrons. The number of ether oxygens (including phenoxy) is 1. The number of anilines is 1. The highest BCUT2D eigenvalue weighted by Gasteiger charge is 2.23.